The summed E-state index contributed by atoms with van der Waals surface area (Å²) in [5, 5.41) is 13.1. The Labute approximate surface area is 223 Å². The predicted octanol–water partition coefficient (Wildman–Crippen LogP) is 3.50. The third-order valence-electron chi connectivity index (χ3n) is 6.39. The van der Waals surface area contributed by atoms with Gasteiger partial charge < -0.3 is 20.2 Å². The molecular formula is C28H28FN7O3. The van der Waals surface area contributed by atoms with Gasteiger partial charge in [0.25, 0.3) is 5.56 Å². The van der Waals surface area contributed by atoms with Gasteiger partial charge in [-0.1, -0.05) is 24.3 Å². The first-order valence-corrected chi connectivity index (χ1v) is 12.3. The predicted molar refractivity (Wildman–Crippen MR) is 145 cm³/mol. The fourth-order valence-corrected chi connectivity index (χ4v) is 4.48. The van der Waals surface area contributed by atoms with Crippen LogP contribution >= 0.6 is 0 Å². The van der Waals surface area contributed by atoms with E-state index in [9.17, 15) is 9.18 Å². The topological polar surface area (TPSA) is 124 Å². The zero-order valence-corrected chi connectivity index (χ0v) is 21.6. The lowest BCUT2D eigenvalue weighted by atomic mass is 10.1. The minimum Gasteiger partial charge on any atom is -0.493 e. The number of nitrogens with one attached hydrogen (secondary N) is 1. The van der Waals surface area contributed by atoms with E-state index < -0.39 is 0 Å². The summed E-state index contributed by atoms with van der Waals surface area (Å²) < 4.78 is 26.1. The third-order valence-corrected chi connectivity index (χ3v) is 6.39. The van der Waals surface area contributed by atoms with E-state index in [2.05, 4.69) is 20.5 Å². The molecule has 0 saturated heterocycles. The quantitative estimate of drug-likeness (QED) is 0.264. The number of rotatable bonds is 10. The Kier molecular flexibility index (Phi) is 7.50. The fraction of sp³-hybridized carbons (Fsp3) is 0.214. The number of H-pyrrole nitrogens is 1. The standard InChI is InChI=1S/C28H28FN7O3/c1-38-25-12-20-11-21(28(37)31-24(20)13-26(25)39-2)16-35(14-18-6-8-22(29)9-7-18)17-27-32-33-34-36(27)15-19-4-3-5-23(30)10-19/h3-13H,14-17,30H2,1-2H3,(H,31,37). The number of nitrogens with two attached hydrogens (primary N) is 1. The van der Waals surface area contributed by atoms with Crippen LogP contribution < -0.4 is 20.8 Å². The average Bonchev–Trinajstić information content (AvgIpc) is 3.35. The van der Waals surface area contributed by atoms with Crippen molar-refractivity contribution in [3.05, 3.63) is 105 Å². The Morgan fingerprint density at radius 2 is 1.72 bits per heavy atom. The van der Waals surface area contributed by atoms with Gasteiger partial charge in [-0.3, -0.25) is 9.69 Å². The molecule has 0 bridgehead atoms. The molecule has 3 N–H and O–H groups in total. The lowest BCUT2D eigenvalue weighted by Gasteiger charge is -2.22. The van der Waals surface area contributed by atoms with Gasteiger partial charge in [-0.15, -0.1) is 5.10 Å². The number of methoxy groups -OCH3 is 2. The molecule has 39 heavy (non-hydrogen) atoms. The van der Waals surface area contributed by atoms with Crippen LogP contribution in [-0.4, -0.2) is 44.3 Å². The molecule has 0 aliphatic heterocycles. The maximum absolute atomic E-state index is 13.6. The molecule has 0 aliphatic rings. The zero-order chi connectivity index (χ0) is 27.4. The Balaban J connectivity index is 1.46. The second-order valence-corrected chi connectivity index (χ2v) is 9.19. The number of tetrazole rings is 1. The molecule has 0 aliphatic carbocycles. The first-order valence-electron chi connectivity index (χ1n) is 12.3. The van der Waals surface area contributed by atoms with E-state index in [1.165, 1.54) is 12.1 Å². The number of aromatic nitrogens is 5. The zero-order valence-electron chi connectivity index (χ0n) is 21.6. The van der Waals surface area contributed by atoms with E-state index in [-0.39, 0.29) is 11.4 Å². The molecule has 2 heterocycles. The van der Waals surface area contributed by atoms with Crippen LogP contribution in [0.15, 0.2) is 71.5 Å². The summed E-state index contributed by atoms with van der Waals surface area (Å²) in [6, 6.07) is 19.2. The Morgan fingerprint density at radius 1 is 0.949 bits per heavy atom. The highest BCUT2D eigenvalue weighted by Gasteiger charge is 2.17. The minimum absolute atomic E-state index is 0.224. The SMILES string of the molecule is COc1cc2cc(CN(Cc3ccc(F)cc3)Cc3nnnn3Cc3cccc(N)c3)c(=O)[nH]c2cc1OC. The molecule has 3 aromatic carbocycles. The normalized spacial score (nSPS) is 11.3. The van der Waals surface area contributed by atoms with Gasteiger partial charge in [0.1, 0.15) is 5.82 Å². The van der Waals surface area contributed by atoms with Crippen LogP contribution in [0.5, 0.6) is 11.5 Å². The lowest BCUT2D eigenvalue weighted by Crippen LogP contribution is -2.28. The number of aromatic amines is 1. The third kappa shape index (κ3) is 6.04. The summed E-state index contributed by atoms with van der Waals surface area (Å²) in [4.78, 5) is 18.1. The summed E-state index contributed by atoms with van der Waals surface area (Å²) in [5.41, 5.74) is 9.40. The molecule has 200 valence electrons. The molecule has 0 spiro atoms. The molecule has 0 atom stereocenters. The van der Waals surface area contributed by atoms with Gasteiger partial charge in [-0.2, -0.15) is 0 Å². The van der Waals surface area contributed by atoms with Crippen molar-refractivity contribution in [3.63, 3.8) is 0 Å². The molecule has 11 heteroatoms. The van der Waals surface area contributed by atoms with Crippen molar-refractivity contribution < 1.29 is 13.9 Å². The number of ether oxygens (including phenoxy) is 2. The number of halogens is 1. The monoisotopic (exact) mass is 529 g/mol. The van der Waals surface area contributed by atoms with E-state index in [1.807, 2.05) is 41.3 Å². The minimum atomic E-state index is -0.313. The lowest BCUT2D eigenvalue weighted by molar-refractivity contribution is 0.236. The molecule has 0 radical (unpaired) electrons. The highest BCUT2D eigenvalue weighted by molar-refractivity contribution is 5.83. The van der Waals surface area contributed by atoms with Crippen molar-refractivity contribution in [2.24, 2.45) is 0 Å². The van der Waals surface area contributed by atoms with E-state index in [1.54, 1.807) is 37.1 Å². The van der Waals surface area contributed by atoms with Crippen molar-refractivity contribution in [1.29, 1.82) is 0 Å². The average molecular weight is 530 g/mol. The van der Waals surface area contributed by atoms with Crippen LogP contribution in [0.3, 0.4) is 0 Å². The summed E-state index contributed by atoms with van der Waals surface area (Å²) in [5.74, 6) is 1.39. The summed E-state index contributed by atoms with van der Waals surface area (Å²) in [6.07, 6.45) is 0. The highest BCUT2D eigenvalue weighted by atomic mass is 19.1. The molecule has 10 nitrogen and oxygen atoms in total. The van der Waals surface area contributed by atoms with Crippen LogP contribution in [0.4, 0.5) is 10.1 Å². The Morgan fingerprint density at radius 3 is 2.46 bits per heavy atom. The maximum Gasteiger partial charge on any atom is 0.252 e. The molecule has 5 aromatic rings. The fourth-order valence-electron chi connectivity index (χ4n) is 4.48. The molecule has 0 fully saturated rings. The molecule has 0 amide bonds. The number of fused-ring (bicyclic) bond motifs is 1. The van der Waals surface area contributed by atoms with Crippen LogP contribution in [0.2, 0.25) is 0 Å². The van der Waals surface area contributed by atoms with E-state index in [0.29, 0.717) is 60.3 Å². The van der Waals surface area contributed by atoms with Gasteiger partial charge >= 0.3 is 0 Å². The van der Waals surface area contributed by atoms with Crippen molar-refractivity contribution in [2.45, 2.75) is 26.2 Å². The number of nitrogens with zero attached hydrogens (tertiary/aromatic N) is 5. The van der Waals surface area contributed by atoms with Gasteiger partial charge in [0, 0.05) is 35.8 Å². The summed E-state index contributed by atoms with van der Waals surface area (Å²) >= 11 is 0. The van der Waals surface area contributed by atoms with Crippen molar-refractivity contribution in [2.75, 3.05) is 20.0 Å². The Hall–Kier alpha value is -4.77. The smallest absolute Gasteiger partial charge is 0.252 e. The second kappa shape index (κ2) is 11.3. The van der Waals surface area contributed by atoms with E-state index >= 15 is 0 Å². The number of anilines is 1. The van der Waals surface area contributed by atoms with Crippen molar-refractivity contribution in [1.82, 2.24) is 30.1 Å². The van der Waals surface area contributed by atoms with Crippen LogP contribution in [-0.2, 0) is 26.2 Å². The van der Waals surface area contributed by atoms with Crippen LogP contribution in [0.1, 0.15) is 22.5 Å². The van der Waals surface area contributed by atoms with Crippen LogP contribution in [0.25, 0.3) is 10.9 Å². The second-order valence-electron chi connectivity index (χ2n) is 9.19. The van der Waals surface area contributed by atoms with Crippen LogP contribution in [0, 0.1) is 5.82 Å². The number of benzene rings is 3. The van der Waals surface area contributed by atoms with Crippen molar-refractivity contribution >= 4 is 16.6 Å². The maximum atomic E-state index is 13.6. The van der Waals surface area contributed by atoms with Gasteiger partial charge in [0.2, 0.25) is 0 Å². The largest absolute Gasteiger partial charge is 0.493 e. The first-order chi connectivity index (χ1) is 18.9. The number of pyridine rings is 1. The number of hydrogen-bond donors (Lipinski definition) is 2. The molecule has 5 rings (SSSR count). The van der Waals surface area contributed by atoms with Crippen molar-refractivity contribution in [3.8, 4) is 11.5 Å². The van der Waals surface area contributed by atoms with E-state index in [4.69, 9.17) is 15.2 Å². The van der Waals surface area contributed by atoms with Gasteiger partial charge in [0.05, 0.1) is 32.8 Å². The summed E-state index contributed by atoms with van der Waals surface area (Å²) in [7, 11) is 3.11. The van der Waals surface area contributed by atoms with Gasteiger partial charge in [0.15, 0.2) is 17.3 Å². The summed E-state index contributed by atoms with van der Waals surface area (Å²) in [6.45, 7) is 1.52. The number of hydrogen-bond acceptors (Lipinski definition) is 8. The van der Waals surface area contributed by atoms with Gasteiger partial charge in [-0.25, -0.2) is 9.07 Å². The number of nitrogen functional groups attached to an aromatic ring is 1. The highest BCUT2D eigenvalue weighted by Crippen LogP contribution is 2.31. The van der Waals surface area contributed by atoms with Gasteiger partial charge in [-0.05, 0) is 58.0 Å². The Bertz CT molecular complexity index is 1650. The molecular weight excluding hydrogens is 501 g/mol. The van der Waals surface area contributed by atoms with E-state index in [0.717, 1.165) is 16.5 Å². The molecule has 0 unspecified atom stereocenters. The molecule has 0 saturated carbocycles. The first kappa shape index (κ1) is 25.9. The molecule has 2 aromatic heterocycles.